The lowest BCUT2D eigenvalue weighted by Gasteiger charge is -2.17. The molecule has 0 aliphatic heterocycles. The average molecular weight is 311 g/mol. The Hall–Kier alpha value is -0.710. The van der Waals surface area contributed by atoms with E-state index in [4.69, 9.17) is 9.47 Å². The Morgan fingerprint density at radius 2 is 2.10 bits per heavy atom. The van der Waals surface area contributed by atoms with E-state index in [1.807, 2.05) is 18.7 Å². The van der Waals surface area contributed by atoms with Gasteiger partial charge in [-0.25, -0.2) is 0 Å². The molecule has 1 aromatic rings. The van der Waals surface area contributed by atoms with Gasteiger partial charge in [-0.2, -0.15) is 11.8 Å². The van der Waals surface area contributed by atoms with Gasteiger partial charge in [-0.05, 0) is 44.5 Å². The Morgan fingerprint density at radius 3 is 2.76 bits per heavy atom. The predicted molar refractivity (Wildman–Crippen MR) is 92.4 cm³/mol. The Morgan fingerprint density at radius 1 is 1.29 bits per heavy atom. The molecule has 0 fully saturated rings. The van der Waals surface area contributed by atoms with Crippen molar-refractivity contribution >= 4 is 11.8 Å². The van der Waals surface area contributed by atoms with Crippen LogP contribution in [0.1, 0.15) is 44.4 Å². The molecule has 120 valence electrons. The van der Waals surface area contributed by atoms with Gasteiger partial charge in [0.25, 0.3) is 0 Å². The van der Waals surface area contributed by atoms with E-state index in [0.717, 1.165) is 36.8 Å². The fraction of sp³-hybridized carbons (Fsp3) is 0.647. The first-order chi connectivity index (χ1) is 10.2. The summed E-state index contributed by atoms with van der Waals surface area (Å²) < 4.78 is 10.8. The normalized spacial score (nSPS) is 12.4. The van der Waals surface area contributed by atoms with Gasteiger partial charge in [-0.1, -0.05) is 13.0 Å². The van der Waals surface area contributed by atoms with Crippen molar-refractivity contribution < 1.29 is 9.47 Å². The van der Waals surface area contributed by atoms with Crippen LogP contribution >= 0.6 is 11.8 Å². The van der Waals surface area contributed by atoms with Crippen molar-refractivity contribution in [3.05, 3.63) is 29.3 Å². The van der Waals surface area contributed by atoms with Crippen LogP contribution in [0.25, 0.3) is 0 Å². The molecule has 0 aliphatic rings. The van der Waals surface area contributed by atoms with Crippen molar-refractivity contribution in [2.75, 3.05) is 32.6 Å². The summed E-state index contributed by atoms with van der Waals surface area (Å²) in [6.07, 6.45) is 1.15. The molecule has 1 atom stereocenters. The lowest BCUT2D eigenvalue weighted by atomic mass is 10.0. The first-order valence-corrected chi connectivity index (χ1v) is 8.94. The molecular weight excluding hydrogens is 282 g/mol. The monoisotopic (exact) mass is 311 g/mol. The molecule has 1 aromatic carbocycles. The number of ether oxygens (including phenoxy) is 2. The van der Waals surface area contributed by atoms with Crippen molar-refractivity contribution in [2.45, 2.75) is 39.0 Å². The van der Waals surface area contributed by atoms with Crippen molar-refractivity contribution in [3.63, 3.8) is 0 Å². The third-order valence-electron chi connectivity index (χ3n) is 3.27. The number of rotatable bonds is 11. The third kappa shape index (κ3) is 6.72. The van der Waals surface area contributed by atoms with Crippen LogP contribution in [0, 0.1) is 0 Å². The highest BCUT2D eigenvalue weighted by Crippen LogP contribution is 2.27. The molecule has 1 unspecified atom stereocenters. The second-order valence-corrected chi connectivity index (χ2v) is 6.13. The van der Waals surface area contributed by atoms with Gasteiger partial charge in [0.2, 0.25) is 0 Å². The number of hydrogen-bond donors (Lipinski definition) is 1. The van der Waals surface area contributed by atoms with Crippen LogP contribution in [0.2, 0.25) is 0 Å². The summed E-state index contributed by atoms with van der Waals surface area (Å²) in [5.41, 5.74) is 2.61. The van der Waals surface area contributed by atoms with Gasteiger partial charge in [-0.15, -0.1) is 0 Å². The summed E-state index contributed by atoms with van der Waals surface area (Å²) in [6, 6.07) is 6.93. The van der Waals surface area contributed by atoms with Crippen LogP contribution in [-0.4, -0.2) is 32.6 Å². The van der Waals surface area contributed by atoms with Gasteiger partial charge in [0.05, 0.1) is 13.2 Å². The average Bonchev–Trinajstić information content (AvgIpc) is 2.50. The van der Waals surface area contributed by atoms with Gasteiger partial charge in [0.1, 0.15) is 5.75 Å². The minimum Gasteiger partial charge on any atom is -0.494 e. The van der Waals surface area contributed by atoms with Crippen molar-refractivity contribution in [3.8, 4) is 5.75 Å². The van der Waals surface area contributed by atoms with Crippen LogP contribution in [0.5, 0.6) is 5.75 Å². The van der Waals surface area contributed by atoms with Gasteiger partial charge in [-0.3, -0.25) is 0 Å². The molecule has 0 radical (unpaired) electrons. The fourth-order valence-electron chi connectivity index (χ4n) is 2.08. The van der Waals surface area contributed by atoms with Crippen molar-refractivity contribution in [2.24, 2.45) is 0 Å². The molecule has 0 spiro atoms. The Balaban J connectivity index is 2.74. The number of thioether (sulfide) groups is 1. The molecule has 0 heterocycles. The maximum Gasteiger partial charge on any atom is 0.123 e. The summed E-state index contributed by atoms with van der Waals surface area (Å²) in [7, 11) is 1.74. The third-order valence-corrected chi connectivity index (χ3v) is 4.24. The second kappa shape index (κ2) is 10.9. The number of methoxy groups -OCH3 is 1. The smallest absolute Gasteiger partial charge is 0.123 e. The minimum atomic E-state index is 0.378. The molecule has 4 heteroatoms. The highest BCUT2D eigenvalue weighted by molar-refractivity contribution is 7.98. The Labute approximate surface area is 133 Å². The largest absolute Gasteiger partial charge is 0.494 e. The molecule has 1 N–H and O–H groups in total. The van der Waals surface area contributed by atoms with E-state index in [1.54, 1.807) is 7.11 Å². The summed E-state index contributed by atoms with van der Waals surface area (Å²) in [6.45, 7) is 8.98. The SMILES string of the molecule is CCCNC(C)c1ccc(OCC)c(CSCCOC)c1. The van der Waals surface area contributed by atoms with Crippen LogP contribution in [0.3, 0.4) is 0 Å². The van der Waals surface area contributed by atoms with E-state index < -0.39 is 0 Å². The molecule has 0 amide bonds. The standard InChI is InChI=1S/C17H29NO2S/c1-5-9-18-14(3)15-7-8-17(20-6-2)16(12-15)13-21-11-10-19-4/h7-8,12,14,18H,5-6,9-11,13H2,1-4H3. The first kappa shape index (κ1) is 18.3. The zero-order valence-corrected chi connectivity index (χ0v) is 14.6. The molecule has 0 bridgehead atoms. The number of benzene rings is 1. The second-order valence-electron chi connectivity index (χ2n) is 5.02. The molecule has 0 aromatic heterocycles. The molecule has 21 heavy (non-hydrogen) atoms. The summed E-state index contributed by atoms with van der Waals surface area (Å²) in [4.78, 5) is 0. The van der Waals surface area contributed by atoms with E-state index in [2.05, 4.69) is 37.4 Å². The topological polar surface area (TPSA) is 30.5 Å². The van der Waals surface area contributed by atoms with Crippen LogP contribution in [-0.2, 0) is 10.5 Å². The molecule has 1 rings (SSSR count). The van der Waals surface area contributed by atoms with Gasteiger partial charge in [0.15, 0.2) is 0 Å². The first-order valence-electron chi connectivity index (χ1n) is 7.78. The van der Waals surface area contributed by atoms with E-state index in [1.165, 1.54) is 11.1 Å². The van der Waals surface area contributed by atoms with E-state index >= 15 is 0 Å². The summed E-state index contributed by atoms with van der Waals surface area (Å²) in [5, 5.41) is 3.54. The minimum absolute atomic E-state index is 0.378. The zero-order chi connectivity index (χ0) is 15.5. The number of hydrogen-bond acceptors (Lipinski definition) is 4. The molecule has 0 aliphatic carbocycles. The van der Waals surface area contributed by atoms with Gasteiger partial charge in [0, 0.05) is 30.2 Å². The quantitative estimate of drug-likeness (QED) is 0.625. The van der Waals surface area contributed by atoms with Crippen molar-refractivity contribution in [1.82, 2.24) is 5.32 Å². The fourth-order valence-corrected chi connectivity index (χ4v) is 2.96. The Kier molecular flexibility index (Phi) is 9.55. The maximum atomic E-state index is 5.74. The molecule has 3 nitrogen and oxygen atoms in total. The van der Waals surface area contributed by atoms with Gasteiger partial charge >= 0.3 is 0 Å². The summed E-state index contributed by atoms with van der Waals surface area (Å²) in [5.74, 6) is 2.98. The molecule has 0 saturated heterocycles. The predicted octanol–water partition coefficient (Wildman–Crippen LogP) is 4.03. The Bertz CT molecular complexity index is 398. The molecule has 0 saturated carbocycles. The van der Waals surface area contributed by atoms with Crippen LogP contribution in [0.15, 0.2) is 18.2 Å². The lowest BCUT2D eigenvalue weighted by molar-refractivity contribution is 0.218. The summed E-state index contributed by atoms with van der Waals surface area (Å²) >= 11 is 1.88. The number of nitrogens with one attached hydrogen (secondary N) is 1. The van der Waals surface area contributed by atoms with Crippen LogP contribution < -0.4 is 10.1 Å². The van der Waals surface area contributed by atoms with Crippen molar-refractivity contribution in [1.29, 1.82) is 0 Å². The molecular formula is C17H29NO2S. The highest BCUT2D eigenvalue weighted by Gasteiger charge is 2.09. The maximum absolute atomic E-state index is 5.74. The van der Waals surface area contributed by atoms with Gasteiger partial charge < -0.3 is 14.8 Å². The zero-order valence-electron chi connectivity index (χ0n) is 13.8. The van der Waals surface area contributed by atoms with E-state index in [-0.39, 0.29) is 0 Å². The van der Waals surface area contributed by atoms with E-state index in [0.29, 0.717) is 12.6 Å². The van der Waals surface area contributed by atoms with E-state index in [9.17, 15) is 0 Å². The highest BCUT2D eigenvalue weighted by atomic mass is 32.2. The van der Waals surface area contributed by atoms with Crippen LogP contribution in [0.4, 0.5) is 0 Å². The lowest BCUT2D eigenvalue weighted by Crippen LogP contribution is -2.19.